The number of carbonyl (C=O) groups is 2. The number of carbonyl (C=O) groups excluding carboxylic acids is 2. The van der Waals surface area contributed by atoms with Crippen LogP contribution in [0.2, 0.25) is 0 Å². The Bertz CT molecular complexity index is 634. The van der Waals surface area contributed by atoms with Crippen molar-refractivity contribution in [2.75, 3.05) is 19.6 Å². The molecule has 0 aliphatic carbocycles. The minimum Gasteiger partial charge on any atom is -0.369 e. The molecular formula is C15H16FN3O2. The maximum absolute atomic E-state index is 13.4. The van der Waals surface area contributed by atoms with Crippen LogP contribution in [0.15, 0.2) is 18.2 Å². The number of amides is 2. The summed E-state index contributed by atoms with van der Waals surface area (Å²) in [5.41, 5.74) is 11.2. The summed E-state index contributed by atoms with van der Waals surface area (Å²) in [5.74, 6) is 3.78. The summed E-state index contributed by atoms with van der Waals surface area (Å²) < 4.78 is 13.4. The Morgan fingerprint density at radius 3 is 2.81 bits per heavy atom. The van der Waals surface area contributed by atoms with Gasteiger partial charge in [-0.2, -0.15) is 0 Å². The molecular weight excluding hydrogens is 273 g/mol. The van der Waals surface area contributed by atoms with Crippen molar-refractivity contribution in [2.45, 2.75) is 6.42 Å². The lowest BCUT2D eigenvalue weighted by Crippen LogP contribution is -2.32. The van der Waals surface area contributed by atoms with Gasteiger partial charge in [0.25, 0.3) is 5.91 Å². The van der Waals surface area contributed by atoms with Gasteiger partial charge < -0.3 is 16.4 Å². The summed E-state index contributed by atoms with van der Waals surface area (Å²) in [6, 6.07) is 3.85. The van der Waals surface area contributed by atoms with Gasteiger partial charge in [-0.1, -0.05) is 11.8 Å². The summed E-state index contributed by atoms with van der Waals surface area (Å²) in [5, 5.41) is 0. The predicted molar refractivity (Wildman–Crippen MR) is 75.5 cm³/mol. The van der Waals surface area contributed by atoms with E-state index in [9.17, 15) is 14.0 Å². The van der Waals surface area contributed by atoms with Crippen LogP contribution in [0.1, 0.15) is 22.3 Å². The molecule has 1 aromatic rings. The zero-order chi connectivity index (χ0) is 15.4. The lowest BCUT2D eigenvalue weighted by molar-refractivity contribution is -0.121. The van der Waals surface area contributed by atoms with Gasteiger partial charge in [-0.15, -0.1) is 0 Å². The van der Waals surface area contributed by atoms with Gasteiger partial charge in [0.05, 0.1) is 18.0 Å². The van der Waals surface area contributed by atoms with Crippen molar-refractivity contribution < 1.29 is 14.0 Å². The van der Waals surface area contributed by atoms with E-state index in [0.29, 0.717) is 18.5 Å². The van der Waals surface area contributed by atoms with Crippen LogP contribution < -0.4 is 11.5 Å². The molecule has 1 aliphatic heterocycles. The quantitative estimate of drug-likeness (QED) is 0.756. The largest absolute Gasteiger partial charge is 0.369 e. The Morgan fingerprint density at radius 1 is 1.43 bits per heavy atom. The third-order valence-corrected chi connectivity index (χ3v) is 3.41. The number of nitrogens with two attached hydrogens (primary N) is 2. The number of rotatable bonds is 2. The zero-order valence-electron chi connectivity index (χ0n) is 11.4. The molecule has 1 fully saturated rings. The molecule has 0 spiro atoms. The van der Waals surface area contributed by atoms with Crippen molar-refractivity contribution in [3.8, 4) is 11.8 Å². The van der Waals surface area contributed by atoms with Crippen molar-refractivity contribution >= 4 is 11.8 Å². The topological polar surface area (TPSA) is 89.4 Å². The predicted octanol–water partition coefficient (Wildman–Crippen LogP) is 0.0833. The smallest absolute Gasteiger partial charge is 0.255 e. The Morgan fingerprint density at radius 2 is 2.19 bits per heavy atom. The van der Waals surface area contributed by atoms with Crippen LogP contribution in [0.4, 0.5) is 4.39 Å². The van der Waals surface area contributed by atoms with Gasteiger partial charge in [-0.05, 0) is 24.6 Å². The van der Waals surface area contributed by atoms with Crippen LogP contribution >= 0.6 is 0 Å². The van der Waals surface area contributed by atoms with Gasteiger partial charge >= 0.3 is 0 Å². The molecule has 1 heterocycles. The summed E-state index contributed by atoms with van der Waals surface area (Å²) in [6.07, 6.45) is 0.528. The molecule has 1 atom stereocenters. The molecule has 1 aliphatic rings. The summed E-state index contributed by atoms with van der Waals surface area (Å²) in [7, 11) is 0. The molecule has 0 radical (unpaired) electrons. The maximum atomic E-state index is 13.4. The molecule has 0 saturated carbocycles. The van der Waals surface area contributed by atoms with E-state index in [2.05, 4.69) is 11.8 Å². The van der Waals surface area contributed by atoms with E-state index >= 15 is 0 Å². The van der Waals surface area contributed by atoms with E-state index in [0.717, 1.165) is 6.07 Å². The Labute approximate surface area is 122 Å². The summed E-state index contributed by atoms with van der Waals surface area (Å²) in [4.78, 5) is 25.1. The third-order valence-electron chi connectivity index (χ3n) is 3.41. The van der Waals surface area contributed by atoms with Crippen LogP contribution in [0, 0.1) is 23.6 Å². The number of primary amides is 1. The fourth-order valence-corrected chi connectivity index (χ4v) is 2.30. The van der Waals surface area contributed by atoms with Crippen LogP contribution in [-0.4, -0.2) is 36.3 Å². The fraction of sp³-hybridized carbons (Fsp3) is 0.333. The minimum atomic E-state index is -0.512. The van der Waals surface area contributed by atoms with Crippen molar-refractivity contribution in [3.63, 3.8) is 0 Å². The monoisotopic (exact) mass is 289 g/mol. The molecule has 21 heavy (non-hydrogen) atoms. The highest BCUT2D eigenvalue weighted by molar-refractivity contribution is 5.97. The first-order chi connectivity index (χ1) is 10.0. The molecule has 2 rings (SSSR count). The molecule has 1 aromatic carbocycles. The van der Waals surface area contributed by atoms with E-state index in [1.165, 1.54) is 17.0 Å². The van der Waals surface area contributed by atoms with Gasteiger partial charge in [0, 0.05) is 18.7 Å². The van der Waals surface area contributed by atoms with Crippen molar-refractivity contribution in [1.82, 2.24) is 4.90 Å². The molecule has 5 nitrogen and oxygen atoms in total. The number of nitrogens with zero attached hydrogens (tertiary/aromatic N) is 1. The van der Waals surface area contributed by atoms with Gasteiger partial charge in [-0.3, -0.25) is 9.59 Å². The van der Waals surface area contributed by atoms with Gasteiger partial charge in [-0.25, -0.2) is 4.39 Å². The number of likely N-dealkylation sites (tertiary alicyclic amines) is 1. The summed E-state index contributed by atoms with van der Waals surface area (Å²) in [6.45, 7) is 0.833. The number of hydrogen-bond acceptors (Lipinski definition) is 3. The van der Waals surface area contributed by atoms with Crippen LogP contribution in [0.5, 0.6) is 0 Å². The zero-order valence-corrected chi connectivity index (χ0v) is 11.4. The molecule has 2 amide bonds. The molecule has 0 bridgehead atoms. The van der Waals surface area contributed by atoms with Crippen molar-refractivity contribution in [2.24, 2.45) is 17.4 Å². The second-order valence-corrected chi connectivity index (χ2v) is 4.83. The normalized spacial score (nSPS) is 17.2. The van der Waals surface area contributed by atoms with Crippen LogP contribution in [0.25, 0.3) is 0 Å². The minimum absolute atomic E-state index is 0.151. The second-order valence-electron chi connectivity index (χ2n) is 4.83. The maximum Gasteiger partial charge on any atom is 0.255 e. The van der Waals surface area contributed by atoms with Crippen molar-refractivity contribution in [1.29, 1.82) is 0 Å². The highest BCUT2D eigenvalue weighted by Gasteiger charge is 2.31. The van der Waals surface area contributed by atoms with E-state index in [4.69, 9.17) is 11.5 Å². The number of hydrogen-bond donors (Lipinski definition) is 2. The lowest BCUT2D eigenvalue weighted by atomic mass is 10.1. The second kappa shape index (κ2) is 6.37. The SMILES string of the molecule is NCC#Cc1ccc(F)cc1C(=O)N1CCC(C(N)=O)C1. The first-order valence-corrected chi connectivity index (χ1v) is 6.60. The fourth-order valence-electron chi connectivity index (χ4n) is 2.30. The number of benzene rings is 1. The molecule has 0 aromatic heterocycles. The van der Waals surface area contributed by atoms with E-state index in [-0.39, 0.29) is 30.5 Å². The average Bonchev–Trinajstić information content (AvgIpc) is 2.95. The van der Waals surface area contributed by atoms with E-state index in [1.54, 1.807) is 0 Å². The molecule has 1 unspecified atom stereocenters. The van der Waals surface area contributed by atoms with Crippen LogP contribution in [0.3, 0.4) is 0 Å². The highest BCUT2D eigenvalue weighted by atomic mass is 19.1. The molecule has 4 N–H and O–H groups in total. The first kappa shape index (κ1) is 15.0. The van der Waals surface area contributed by atoms with Crippen molar-refractivity contribution in [3.05, 3.63) is 35.1 Å². The Balaban J connectivity index is 2.27. The van der Waals surface area contributed by atoms with Crippen LogP contribution in [-0.2, 0) is 4.79 Å². The third kappa shape index (κ3) is 3.38. The van der Waals surface area contributed by atoms with E-state index < -0.39 is 11.7 Å². The first-order valence-electron chi connectivity index (χ1n) is 6.60. The summed E-state index contributed by atoms with van der Waals surface area (Å²) >= 11 is 0. The van der Waals surface area contributed by atoms with Gasteiger partial charge in [0.2, 0.25) is 5.91 Å². The Kier molecular flexibility index (Phi) is 4.55. The average molecular weight is 289 g/mol. The number of halogens is 1. The molecule has 1 saturated heterocycles. The lowest BCUT2D eigenvalue weighted by Gasteiger charge is -2.17. The van der Waals surface area contributed by atoms with Gasteiger partial charge in [0.15, 0.2) is 0 Å². The van der Waals surface area contributed by atoms with Gasteiger partial charge in [0.1, 0.15) is 5.82 Å². The Hall–Kier alpha value is -2.39. The molecule has 110 valence electrons. The standard InChI is InChI=1S/C15H16FN3O2/c16-12-4-3-10(2-1-6-17)13(8-12)15(21)19-7-5-11(9-19)14(18)20/h3-4,8,11H,5-7,9,17H2,(H2,18,20). The highest BCUT2D eigenvalue weighted by Crippen LogP contribution is 2.20. The van der Waals surface area contributed by atoms with E-state index in [1.807, 2.05) is 0 Å². The molecule has 6 heteroatoms.